The van der Waals surface area contributed by atoms with Gasteiger partial charge < -0.3 is 10.5 Å². The van der Waals surface area contributed by atoms with E-state index in [9.17, 15) is 4.79 Å². The number of halogens is 1. The van der Waals surface area contributed by atoms with Crippen LogP contribution in [0.3, 0.4) is 0 Å². The minimum Gasteiger partial charge on any atom is -0.497 e. The highest BCUT2D eigenvalue weighted by atomic mass is 35.5. The number of hydrogen-bond acceptors (Lipinski definition) is 4. The van der Waals surface area contributed by atoms with E-state index in [0.29, 0.717) is 0 Å². The molecule has 1 aromatic heterocycles. The molecule has 2 aromatic rings. The molecule has 0 radical (unpaired) electrons. The second kappa shape index (κ2) is 8.02. The molecule has 0 aliphatic rings. The Labute approximate surface area is 134 Å². The molecule has 0 aliphatic carbocycles. The van der Waals surface area contributed by atoms with Gasteiger partial charge in [-0.2, -0.15) is 11.3 Å². The monoisotopic (exact) mass is 326 g/mol. The van der Waals surface area contributed by atoms with E-state index in [1.165, 1.54) is 0 Å². The molecule has 2 atom stereocenters. The smallest absolute Gasteiger partial charge is 0.239 e. The van der Waals surface area contributed by atoms with Crippen molar-refractivity contribution in [2.24, 2.45) is 5.73 Å². The number of ether oxygens (including phenoxy) is 1. The standard InChI is InChI=1S/C15H18N2O2S.ClH/c1-10(11-3-5-13(19-2)6-4-11)17-14(15(16)18)12-7-8-20-9-12;/h3-10,14,17H,1-2H3,(H2,16,18);1H/t10-,14-;/m0./s1. The Kier molecular flexibility index (Phi) is 6.68. The van der Waals surface area contributed by atoms with Crippen LogP contribution in [0, 0.1) is 0 Å². The lowest BCUT2D eigenvalue weighted by Crippen LogP contribution is -2.34. The highest BCUT2D eigenvalue weighted by Crippen LogP contribution is 2.22. The maximum Gasteiger partial charge on any atom is 0.239 e. The van der Waals surface area contributed by atoms with Gasteiger partial charge in [-0.05, 0) is 47.0 Å². The Hall–Kier alpha value is -1.56. The molecule has 0 fully saturated rings. The van der Waals surface area contributed by atoms with E-state index >= 15 is 0 Å². The molecule has 0 saturated heterocycles. The van der Waals surface area contributed by atoms with Crippen molar-refractivity contribution in [1.82, 2.24) is 5.32 Å². The van der Waals surface area contributed by atoms with Gasteiger partial charge in [-0.25, -0.2) is 0 Å². The van der Waals surface area contributed by atoms with Gasteiger partial charge in [-0.1, -0.05) is 12.1 Å². The van der Waals surface area contributed by atoms with Gasteiger partial charge in [0.15, 0.2) is 0 Å². The Balaban J connectivity index is 0.00000220. The van der Waals surface area contributed by atoms with Crippen molar-refractivity contribution in [3.63, 3.8) is 0 Å². The molecule has 4 nitrogen and oxygen atoms in total. The summed E-state index contributed by atoms with van der Waals surface area (Å²) in [5, 5.41) is 7.13. The number of carbonyl (C=O) groups excluding carboxylic acids is 1. The molecule has 3 N–H and O–H groups in total. The quantitative estimate of drug-likeness (QED) is 0.857. The summed E-state index contributed by atoms with van der Waals surface area (Å²) in [4.78, 5) is 11.6. The number of primary amides is 1. The number of rotatable bonds is 6. The number of methoxy groups -OCH3 is 1. The number of benzene rings is 1. The van der Waals surface area contributed by atoms with Gasteiger partial charge in [0.2, 0.25) is 5.91 Å². The van der Waals surface area contributed by atoms with E-state index in [0.717, 1.165) is 16.9 Å². The van der Waals surface area contributed by atoms with Crippen molar-refractivity contribution in [2.45, 2.75) is 19.0 Å². The molecule has 21 heavy (non-hydrogen) atoms. The van der Waals surface area contributed by atoms with Crippen LogP contribution in [0.15, 0.2) is 41.1 Å². The first kappa shape index (κ1) is 17.5. The van der Waals surface area contributed by atoms with Crippen LogP contribution in [-0.2, 0) is 4.79 Å². The van der Waals surface area contributed by atoms with E-state index in [4.69, 9.17) is 10.5 Å². The van der Waals surface area contributed by atoms with Crippen LogP contribution in [-0.4, -0.2) is 13.0 Å². The lowest BCUT2D eigenvalue weighted by Gasteiger charge is -2.21. The average molecular weight is 327 g/mol. The first-order valence-electron chi connectivity index (χ1n) is 6.33. The largest absolute Gasteiger partial charge is 0.497 e. The number of amides is 1. The maximum absolute atomic E-state index is 11.6. The van der Waals surface area contributed by atoms with Crippen molar-refractivity contribution >= 4 is 29.7 Å². The molecule has 1 aromatic carbocycles. The summed E-state index contributed by atoms with van der Waals surface area (Å²) in [5.41, 5.74) is 7.46. The highest BCUT2D eigenvalue weighted by molar-refractivity contribution is 7.08. The average Bonchev–Trinajstić information content (AvgIpc) is 2.98. The van der Waals surface area contributed by atoms with Crippen molar-refractivity contribution in [3.05, 3.63) is 52.2 Å². The Morgan fingerprint density at radius 1 is 1.24 bits per heavy atom. The first-order chi connectivity index (χ1) is 9.61. The lowest BCUT2D eigenvalue weighted by atomic mass is 10.0. The molecule has 2 rings (SSSR count). The summed E-state index contributed by atoms with van der Waals surface area (Å²) in [6.45, 7) is 2.00. The Morgan fingerprint density at radius 3 is 2.38 bits per heavy atom. The molecule has 6 heteroatoms. The van der Waals surface area contributed by atoms with E-state index < -0.39 is 6.04 Å². The Morgan fingerprint density at radius 2 is 1.90 bits per heavy atom. The van der Waals surface area contributed by atoms with Crippen LogP contribution in [0.25, 0.3) is 0 Å². The maximum atomic E-state index is 11.6. The SMILES string of the molecule is COc1ccc([C@H](C)N[C@H](C(N)=O)c2ccsc2)cc1.Cl. The zero-order valence-corrected chi connectivity index (χ0v) is 13.5. The summed E-state index contributed by atoms with van der Waals surface area (Å²) >= 11 is 1.55. The third-order valence-electron chi connectivity index (χ3n) is 3.19. The number of hydrogen-bond donors (Lipinski definition) is 2. The lowest BCUT2D eigenvalue weighted by molar-refractivity contribution is -0.120. The summed E-state index contributed by atoms with van der Waals surface area (Å²) in [6.07, 6.45) is 0. The summed E-state index contributed by atoms with van der Waals surface area (Å²) in [5.74, 6) is 0.439. The fourth-order valence-electron chi connectivity index (χ4n) is 2.02. The van der Waals surface area contributed by atoms with Crippen LogP contribution in [0.2, 0.25) is 0 Å². The summed E-state index contributed by atoms with van der Waals surface area (Å²) in [6, 6.07) is 9.20. The van der Waals surface area contributed by atoms with Crippen molar-refractivity contribution in [1.29, 1.82) is 0 Å². The second-order valence-electron chi connectivity index (χ2n) is 4.55. The van der Waals surface area contributed by atoms with Gasteiger partial charge in [0, 0.05) is 6.04 Å². The fraction of sp³-hybridized carbons (Fsp3) is 0.267. The van der Waals surface area contributed by atoms with Gasteiger partial charge in [-0.3, -0.25) is 10.1 Å². The predicted octanol–water partition coefficient (Wildman–Crippen LogP) is 3.06. The number of carbonyl (C=O) groups is 1. The van der Waals surface area contributed by atoms with E-state index in [-0.39, 0.29) is 24.4 Å². The van der Waals surface area contributed by atoms with E-state index in [2.05, 4.69) is 5.32 Å². The molecule has 1 amide bonds. The normalized spacial score (nSPS) is 13.0. The van der Waals surface area contributed by atoms with Crippen molar-refractivity contribution in [2.75, 3.05) is 7.11 Å². The highest BCUT2D eigenvalue weighted by Gasteiger charge is 2.20. The van der Waals surface area contributed by atoms with E-state index in [1.807, 2.05) is 48.0 Å². The molecule has 0 spiro atoms. The first-order valence-corrected chi connectivity index (χ1v) is 7.27. The van der Waals surface area contributed by atoms with E-state index in [1.54, 1.807) is 18.4 Å². The minimum absolute atomic E-state index is 0. The van der Waals surface area contributed by atoms with Gasteiger partial charge in [0.25, 0.3) is 0 Å². The zero-order valence-electron chi connectivity index (χ0n) is 11.9. The third kappa shape index (κ3) is 4.46. The molecule has 114 valence electrons. The molecule has 0 bridgehead atoms. The summed E-state index contributed by atoms with van der Waals surface area (Å²) < 4.78 is 5.13. The van der Waals surface area contributed by atoms with Crippen molar-refractivity contribution in [3.8, 4) is 5.75 Å². The molecular formula is C15H19ClN2O2S. The van der Waals surface area contributed by atoms with Crippen LogP contribution in [0.4, 0.5) is 0 Å². The zero-order chi connectivity index (χ0) is 14.5. The van der Waals surface area contributed by atoms with Gasteiger partial charge >= 0.3 is 0 Å². The van der Waals surface area contributed by atoms with Crippen LogP contribution < -0.4 is 15.8 Å². The van der Waals surface area contributed by atoms with Crippen LogP contribution in [0.1, 0.15) is 30.1 Å². The number of thiophene rings is 1. The van der Waals surface area contributed by atoms with Crippen LogP contribution >= 0.6 is 23.7 Å². The summed E-state index contributed by atoms with van der Waals surface area (Å²) in [7, 11) is 1.64. The predicted molar refractivity (Wildman–Crippen MR) is 88.0 cm³/mol. The van der Waals surface area contributed by atoms with Gasteiger partial charge in [0.1, 0.15) is 11.8 Å². The Bertz CT molecular complexity index is 558. The number of nitrogens with two attached hydrogens (primary N) is 1. The molecule has 0 aliphatic heterocycles. The minimum atomic E-state index is -0.474. The van der Waals surface area contributed by atoms with Gasteiger partial charge in [0.05, 0.1) is 7.11 Å². The molecule has 0 saturated carbocycles. The van der Waals surface area contributed by atoms with Gasteiger partial charge in [-0.15, -0.1) is 12.4 Å². The second-order valence-corrected chi connectivity index (χ2v) is 5.33. The fourth-order valence-corrected chi connectivity index (χ4v) is 2.71. The third-order valence-corrected chi connectivity index (χ3v) is 3.89. The number of nitrogens with one attached hydrogen (secondary N) is 1. The van der Waals surface area contributed by atoms with Crippen LogP contribution in [0.5, 0.6) is 5.75 Å². The topological polar surface area (TPSA) is 64.3 Å². The molecule has 1 heterocycles. The molecule has 0 unspecified atom stereocenters. The molecular weight excluding hydrogens is 308 g/mol. The van der Waals surface area contributed by atoms with Crippen molar-refractivity contribution < 1.29 is 9.53 Å².